The number of nitrogens with zero attached hydrogens (tertiary/aromatic N) is 2. The number of hydrogen-bond acceptors (Lipinski definition) is 6. The summed E-state index contributed by atoms with van der Waals surface area (Å²) in [7, 11) is 0. The highest BCUT2D eigenvalue weighted by molar-refractivity contribution is 7.80. The number of nitrogens with two attached hydrogens (primary N) is 1. The van der Waals surface area contributed by atoms with Gasteiger partial charge in [0.2, 0.25) is 0 Å². The summed E-state index contributed by atoms with van der Waals surface area (Å²) in [6.45, 7) is -0.113. The van der Waals surface area contributed by atoms with Crippen LogP contribution >= 0.6 is 23.6 Å². The van der Waals surface area contributed by atoms with E-state index in [9.17, 15) is 4.79 Å². The molecule has 172 valence electrons. The fraction of sp³-hybridized carbons (Fsp3) is 0.478. The number of hydrogen-bond donors (Lipinski definition) is 3. The summed E-state index contributed by atoms with van der Waals surface area (Å²) in [6, 6.07) is 7.30. The average molecular weight is 474 g/mol. The molecular weight excluding hydrogens is 442 g/mol. The summed E-state index contributed by atoms with van der Waals surface area (Å²) in [5, 5.41) is 7.59. The molecule has 0 atom stereocenters. The molecule has 1 aromatic carbocycles. The third-order valence-corrected chi connectivity index (χ3v) is 6.41. The van der Waals surface area contributed by atoms with Gasteiger partial charge in [0.05, 0.1) is 11.9 Å². The van der Waals surface area contributed by atoms with E-state index in [4.69, 9.17) is 27.7 Å². The van der Waals surface area contributed by atoms with Crippen LogP contribution in [-0.4, -0.2) is 28.8 Å². The minimum Gasteiger partial charge on any atom is -0.483 e. The van der Waals surface area contributed by atoms with Crippen molar-refractivity contribution >= 4 is 45.9 Å². The number of ether oxygens (including phenoxy) is 1. The summed E-state index contributed by atoms with van der Waals surface area (Å²) in [5.41, 5.74) is 9.73. The number of hydrazone groups is 1. The van der Waals surface area contributed by atoms with Crippen LogP contribution in [-0.2, 0) is 17.6 Å². The lowest BCUT2D eigenvalue weighted by molar-refractivity contribution is -0.118. The molecule has 4 N–H and O–H groups in total. The Morgan fingerprint density at radius 1 is 1.12 bits per heavy atom. The second-order valence-electron chi connectivity index (χ2n) is 7.83. The third-order valence-electron chi connectivity index (χ3n) is 5.25. The van der Waals surface area contributed by atoms with Gasteiger partial charge in [-0.25, -0.2) is 4.98 Å². The van der Waals surface area contributed by atoms with Gasteiger partial charge < -0.3 is 10.5 Å². The molecule has 1 aromatic heterocycles. The summed E-state index contributed by atoms with van der Waals surface area (Å²) < 4.78 is 5.71. The lowest BCUT2D eigenvalue weighted by Crippen LogP contribution is -2.24. The van der Waals surface area contributed by atoms with Crippen LogP contribution < -0.4 is 21.2 Å². The van der Waals surface area contributed by atoms with Gasteiger partial charge in [-0.3, -0.25) is 15.5 Å². The Balaban J connectivity index is 1.57. The highest BCUT2D eigenvalue weighted by Crippen LogP contribution is 2.27. The number of anilines is 1. The summed E-state index contributed by atoms with van der Waals surface area (Å²) in [4.78, 5) is 18.5. The molecule has 1 aliphatic carbocycles. The quantitative estimate of drug-likeness (QED) is 0.323. The maximum Gasteiger partial charge on any atom is 0.264 e. The average Bonchev–Trinajstić information content (AvgIpc) is 3.13. The zero-order chi connectivity index (χ0) is 22.6. The van der Waals surface area contributed by atoms with Crippen LogP contribution in [0.3, 0.4) is 0 Å². The number of nitrogens with one attached hydrogen (secondary N) is 2. The predicted octanol–water partition coefficient (Wildman–Crippen LogP) is 4.55. The second kappa shape index (κ2) is 13.1. The van der Waals surface area contributed by atoms with Crippen molar-refractivity contribution < 1.29 is 9.53 Å². The van der Waals surface area contributed by atoms with Crippen LogP contribution in [0.4, 0.5) is 5.13 Å². The number of rotatable bonds is 6. The number of para-hydroxylation sites is 1. The van der Waals surface area contributed by atoms with E-state index in [2.05, 4.69) is 15.8 Å². The molecule has 0 fully saturated rings. The fourth-order valence-electron chi connectivity index (χ4n) is 3.65. The number of benzene rings is 1. The van der Waals surface area contributed by atoms with Crippen molar-refractivity contribution in [2.24, 2.45) is 10.8 Å². The monoisotopic (exact) mass is 473 g/mol. The van der Waals surface area contributed by atoms with Crippen molar-refractivity contribution in [2.45, 2.75) is 64.2 Å². The number of amides is 1. The maximum absolute atomic E-state index is 12.5. The van der Waals surface area contributed by atoms with Crippen molar-refractivity contribution in [3.05, 3.63) is 40.4 Å². The maximum atomic E-state index is 12.5. The first kappa shape index (κ1) is 24.1. The Bertz CT molecular complexity index is 899. The standard InChI is InChI=1S/C23H31N5O2S2/c24-22(31)28-25-15-17-11-9-10-13-19(17)30-16-21(29)27-23-26-18-12-7-5-3-1-2-4-6-8-14-20(18)32-23/h9-11,13,15H,1-8,12,14,16H2,(H3,24,28,31)(H,26,27,29)/b25-15+. The number of thiocarbonyl (C=S) groups is 1. The highest BCUT2D eigenvalue weighted by Gasteiger charge is 2.14. The van der Waals surface area contributed by atoms with E-state index >= 15 is 0 Å². The van der Waals surface area contributed by atoms with Crippen molar-refractivity contribution in [3.63, 3.8) is 0 Å². The van der Waals surface area contributed by atoms with Gasteiger partial charge in [-0.15, -0.1) is 11.3 Å². The first-order chi connectivity index (χ1) is 15.6. The molecule has 0 saturated heterocycles. The molecule has 0 spiro atoms. The predicted molar refractivity (Wildman–Crippen MR) is 135 cm³/mol. The van der Waals surface area contributed by atoms with Crippen LogP contribution in [0.15, 0.2) is 29.4 Å². The molecule has 0 unspecified atom stereocenters. The number of aryl methyl sites for hydroxylation is 2. The van der Waals surface area contributed by atoms with Crippen LogP contribution in [0.5, 0.6) is 5.75 Å². The summed E-state index contributed by atoms with van der Waals surface area (Å²) in [5.74, 6) is 0.310. The van der Waals surface area contributed by atoms with Crippen molar-refractivity contribution in [3.8, 4) is 5.75 Å². The van der Waals surface area contributed by atoms with Crippen LogP contribution in [0.25, 0.3) is 0 Å². The van der Waals surface area contributed by atoms with E-state index in [1.807, 2.05) is 18.2 Å². The highest BCUT2D eigenvalue weighted by atomic mass is 32.1. The number of fused-ring (bicyclic) bond motifs is 1. The molecule has 7 nitrogen and oxygen atoms in total. The number of carbonyl (C=O) groups is 1. The minimum atomic E-state index is -0.234. The Labute approximate surface area is 198 Å². The zero-order valence-corrected chi connectivity index (χ0v) is 19.9. The molecule has 32 heavy (non-hydrogen) atoms. The van der Waals surface area contributed by atoms with E-state index < -0.39 is 0 Å². The lowest BCUT2D eigenvalue weighted by Gasteiger charge is -2.08. The first-order valence-corrected chi connectivity index (χ1v) is 12.4. The van der Waals surface area contributed by atoms with Gasteiger partial charge >= 0.3 is 0 Å². The van der Waals surface area contributed by atoms with Crippen molar-refractivity contribution in [1.29, 1.82) is 0 Å². The second-order valence-corrected chi connectivity index (χ2v) is 9.35. The smallest absolute Gasteiger partial charge is 0.264 e. The molecule has 0 radical (unpaired) electrons. The molecule has 0 aliphatic heterocycles. The lowest BCUT2D eigenvalue weighted by atomic mass is 10.0. The largest absolute Gasteiger partial charge is 0.483 e. The zero-order valence-electron chi connectivity index (χ0n) is 18.3. The van der Waals surface area contributed by atoms with E-state index in [1.54, 1.807) is 23.6 Å². The molecule has 0 bridgehead atoms. The number of aromatic nitrogens is 1. The number of thiazole rings is 1. The van der Waals surface area contributed by atoms with Gasteiger partial charge in [-0.1, -0.05) is 50.7 Å². The molecule has 1 amide bonds. The van der Waals surface area contributed by atoms with E-state index in [0.717, 1.165) is 25.0 Å². The molecule has 2 aromatic rings. The van der Waals surface area contributed by atoms with Gasteiger partial charge in [-0.05, 0) is 50.0 Å². The van der Waals surface area contributed by atoms with Gasteiger partial charge in [-0.2, -0.15) is 5.10 Å². The summed E-state index contributed by atoms with van der Waals surface area (Å²) >= 11 is 6.33. The molecule has 0 saturated carbocycles. The van der Waals surface area contributed by atoms with Crippen LogP contribution in [0, 0.1) is 0 Å². The molecule has 1 aliphatic rings. The topological polar surface area (TPSA) is 102 Å². The van der Waals surface area contributed by atoms with Crippen molar-refractivity contribution in [2.75, 3.05) is 11.9 Å². The molecule has 9 heteroatoms. The molecule has 3 rings (SSSR count). The third kappa shape index (κ3) is 8.20. The Kier molecular flexibility index (Phi) is 9.90. The van der Waals surface area contributed by atoms with E-state index in [0.29, 0.717) is 16.4 Å². The van der Waals surface area contributed by atoms with Crippen LogP contribution in [0.2, 0.25) is 0 Å². The number of carbonyl (C=O) groups excluding carboxylic acids is 1. The van der Waals surface area contributed by atoms with Gasteiger partial charge in [0.15, 0.2) is 16.9 Å². The Hall–Kier alpha value is -2.52. The normalized spacial score (nSPS) is 15.2. The van der Waals surface area contributed by atoms with E-state index in [1.165, 1.54) is 49.8 Å². The molecular formula is C23H31N5O2S2. The van der Waals surface area contributed by atoms with Gasteiger partial charge in [0.1, 0.15) is 5.75 Å². The SMILES string of the molecule is NC(=S)N/N=C/c1ccccc1OCC(=O)Nc1nc2c(s1)CCCCCCCCCC2. The minimum absolute atomic E-state index is 0.0777. The van der Waals surface area contributed by atoms with Gasteiger partial charge in [0, 0.05) is 10.4 Å². The van der Waals surface area contributed by atoms with E-state index in [-0.39, 0.29) is 17.6 Å². The first-order valence-electron chi connectivity index (χ1n) is 11.2. The van der Waals surface area contributed by atoms with Crippen molar-refractivity contribution in [1.82, 2.24) is 10.4 Å². The Morgan fingerprint density at radius 2 is 1.81 bits per heavy atom. The summed E-state index contributed by atoms with van der Waals surface area (Å²) in [6.07, 6.45) is 13.8. The Morgan fingerprint density at radius 3 is 2.56 bits per heavy atom. The fourth-order valence-corrected chi connectivity index (χ4v) is 4.77. The van der Waals surface area contributed by atoms with Gasteiger partial charge in [0.25, 0.3) is 5.91 Å². The molecule has 1 heterocycles. The van der Waals surface area contributed by atoms with Crippen LogP contribution in [0.1, 0.15) is 67.5 Å².